The Labute approximate surface area is 171 Å². The minimum atomic E-state index is -0.839. The number of hydrogen-bond acceptors (Lipinski definition) is 9. The predicted octanol–water partition coefficient (Wildman–Crippen LogP) is 0.466. The number of phenols is 1. The molecule has 1 aliphatic rings. The van der Waals surface area contributed by atoms with E-state index in [0.717, 1.165) is 0 Å². The van der Waals surface area contributed by atoms with E-state index in [1.165, 1.54) is 18.2 Å². The van der Waals surface area contributed by atoms with Gasteiger partial charge in [-0.1, -0.05) is 6.07 Å². The number of imide groups is 1. The van der Waals surface area contributed by atoms with E-state index in [9.17, 15) is 29.1 Å². The lowest BCUT2D eigenvalue weighted by Crippen LogP contribution is -2.32. The Hall–Kier alpha value is -3.94. The fourth-order valence-electron chi connectivity index (χ4n) is 2.52. The van der Waals surface area contributed by atoms with E-state index in [1.54, 1.807) is 6.07 Å². The lowest BCUT2D eigenvalue weighted by Gasteiger charge is -2.12. The molecule has 30 heavy (non-hydrogen) atoms. The maximum absolute atomic E-state index is 11.9. The third-order valence-electron chi connectivity index (χ3n) is 4.02. The van der Waals surface area contributed by atoms with Crippen molar-refractivity contribution >= 4 is 29.7 Å². The van der Waals surface area contributed by atoms with Crippen LogP contribution in [-0.2, 0) is 35.3 Å². The summed E-state index contributed by atoms with van der Waals surface area (Å²) in [5.74, 6) is -3.48. The molecule has 0 aromatic heterocycles. The highest BCUT2D eigenvalue weighted by molar-refractivity contribution is 6.01. The topological polar surface area (TPSA) is 163 Å². The minimum absolute atomic E-state index is 0.00153. The van der Waals surface area contributed by atoms with Crippen molar-refractivity contribution in [1.29, 1.82) is 5.26 Å². The maximum atomic E-state index is 11.9. The number of nitriles is 1. The molecular weight excluding hydrogens is 398 g/mol. The first-order valence-corrected chi connectivity index (χ1v) is 9.01. The first-order valence-electron chi connectivity index (χ1n) is 9.01. The third-order valence-corrected chi connectivity index (χ3v) is 4.02. The van der Waals surface area contributed by atoms with Crippen LogP contribution in [0.2, 0.25) is 0 Å². The molecule has 0 saturated carbocycles. The molecule has 0 bridgehead atoms. The lowest BCUT2D eigenvalue weighted by molar-refractivity contribution is -0.197. The first kappa shape index (κ1) is 22.4. The summed E-state index contributed by atoms with van der Waals surface area (Å²) in [6.07, 6.45) is 0.0142. The van der Waals surface area contributed by atoms with Crippen LogP contribution < -0.4 is 5.32 Å². The van der Waals surface area contributed by atoms with E-state index in [2.05, 4.69) is 10.1 Å². The summed E-state index contributed by atoms with van der Waals surface area (Å²) < 4.78 is 4.61. The van der Waals surface area contributed by atoms with Crippen LogP contribution in [0.5, 0.6) is 5.75 Å². The number of ether oxygens (including phenoxy) is 1. The van der Waals surface area contributed by atoms with Crippen molar-refractivity contribution in [2.24, 2.45) is 0 Å². The fraction of sp³-hybridized carbons (Fsp3) is 0.368. The molecule has 1 aromatic rings. The number of carbonyl (C=O) groups excluding carboxylic acids is 5. The number of hydroxylamine groups is 2. The molecule has 0 spiro atoms. The van der Waals surface area contributed by atoms with Crippen LogP contribution in [0.25, 0.3) is 0 Å². The second-order valence-electron chi connectivity index (χ2n) is 6.26. The number of phenolic OH excluding ortho intramolecular Hbond substituents is 1. The summed E-state index contributed by atoms with van der Waals surface area (Å²) in [5.41, 5.74) is 0.414. The molecule has 0 unspecified atom stereocenters. The first-order chi connectivity index (χ1) is 14.3. The second kappa shape index (κ2) is 10.6. The van der Waals surface area contributed by atoms with Crippen molar-refractivity contribution in [3.63, 3.8) is 0 Å². The Morgan fingerprint density at radius 1 is 1.17 bits per heavy atom. The van der Waals surface area contributed by atoms with Gasteiger partial charge in [-0.2, -0.15) is 5.26 Å². The predicted molar refractivity (Wildman–Crippen MR) is 96.9 cm³/mol. The Morgan fingerprint density at radius 3 is 2.50 bits per heavy atom. The van der Waals surface area contributed by atoms with Gasteiger partial charge in [0.15, 0.2) is 6.61 Å². The average Bonchev–Trinajstić information content (AvgIpc) is 3.02. The number of benzene rings is 1. The number of nitrogens with one attached hydrogen (secondary N) is 1. The zero-order valence-corrected chi connectivity index (χ0v) is 15.9. The Morgan fingerprint density at radius 2 is 1.87 bits per heavy atom. The van der Waals surface area contributed by atoms with Crippen molar-refractivity contribution < 1.29 is 38.7 Å². The number of carbonyl (C=O) groups is 5. The van der Waals surface area contributed by atoms with Crippen molar-refractivity contribution in [3.8, 4) is 11.8 Å². The van der Waals surface area contributed by atoms with Crippen LogP contribution in [0, 0.1) is 11.3 Å². The second-order valence-corrected chi connectivity index (χ2v) is 6.26. The Bertz CT molecular complexity index is 890. The maximum Gasteiger partial charge on any atom is 0.342 e. The molecule has 0 aliphatic carbocycles. The third kappa shape index (κ3) is 6.30. The van der Waals surface area contributed by atoms with E-state index < -0.39 is 30.4 Å². The van der Waals surface area contributed by atoms with Gasteiger partial charge in [0.05, 0.1) is 0 Å². The Kier molecular flexibility index (Phi) is 7.87. The van der Waals surface area contributed by atoms with E-state index in [0.29, 0.717) is 10.6 Å². The summed E-state index contributed by atoms with van der Waals surface area (Å²) in [7, 11) is 0. The van der Waals surface area contributed by atoms with Crippen LogP contribution in [0.1, 0.15) is 48.0 Å². The molecule has 11 nitrogen and oxygen atoms in total. The molecule has 3 amide bonds. The quantitative estimate of drug-likeness (QED) is 0.429. The van der Waals surface area contributed by atoms with Crippen molar-refractivity contribution in [3.05, 3.63) is 29.3 Å². The van der Waals surface area contributed by atoms with E-state index in [-0.39, 0.29) is 55.9 Å². The molecule has 2 rings (SSSR count). The van der Waals surface area contributed by atoms with Gasteiger partial charge in [-0.3, -0.25) is 14.4 Å². The van der Waals surface area contributed by atoms with E-state index in [4.69, 9.17) is 10.1 Å². The molecular formula is C19H19N3O8. The summed E-state index contributed by atoms with van der Waals surface area (Å²) >= 11 is 0. The van der Waals surface area contributed by atoms with Gasteiger partial charge in [0, 0.05) is 32.2 Å². The molecule has 2 N–H and O–H groups in total. The van der Waals surface area contributed by atoms with Gasteiger partial charge in [-0.05, 0) is 24.1 Å². The van der Waals surface area contributed by atoms with E-state index in [1.807, 2.05) is 0 Å². The van der Waals surface area contributed by atoms with Gasteiger partial charge in [-0.15, -0.1) is 5.06 Å². The van der Waals surface area contributed by atoms with Crippen LogP contribution >= 0.6 is 0 Å². The molecule has 1 saturated heterocycles. The highest BCUT2D eigenvalue weighted by Crippen LogP contribution is 2.20. The highest BCUT2D eigenvalue weighted by atomic mass is 16.7. The van der Waals surface area contributed by atoms with Crippen molar-refractivity contribution in [1.82, 2.24) is 10.4 Å². The molecule has 0 radical (unpaired) electrons. The van der Waals surface area contributed by atoms with Gasteiger partial charge in [0.2, 0.25) is 5.91 Å². The number of hydrogen-bond donors (Lipinski definition) is 2. The standard InChI is InChI=1S/C19H19N3O8/c20-8-9-29-19(28)13-5-4-12(10-14(13)23)11-21-15(24)2-1-3-18(27)30-22-16(25)6-7-17(22)26/h4-5,10,23H,1-3,6-7,9,11H2,(H,21,24). The van der Waals surface area contributed by atoms with Gasteiger partial charge >= 0.3 is 11.9 Å². The molecule has 1 fully saturated rings. The number of aromatic hydroxyl groups is 1. The lowest BCUT2D eigenvalue weighted by atomic mass is 10.1. The zero-order valence-electron chi connectivity index (χ0n) is 15.9. The Balaban J connectivity index is 1.71. The smallest absolute Gasteiger partial charge is 0.342 e. The largest absolute Gasteiger partial charge is 0.507 e. The average molecular weight is 417 g/mol. The van der Waals surface area contributed by atoms with E-state index >= 15 is 0 Å². The highest BCUT2D eigenvalue weighted by Gasteiger charge is 2.32. The van der Waals surface area contributed by atoms with Gasteiger partial charge in [0.25, 0.3) is 11.8 Å². The van der Waals surface area contributed by atoms with Gasteiger partial charge in [0.1, 0.15) is 17.4 Å². The SMILES string of the molecule is N#CCOC(=O)c1ccc(CNC(=O)CCCC(=O)ON2C(=O)CCC2=O)cc1O. The number of amides is 3. The van der Waals surface area contributed by atoms with Gasteiger partial charge in [-0.25, -0.2) is 9.59 Å². The normalized spacial score (nSPS) is 13.0. The van der Waals surface area contributed by atoms with Crippen molar-refractivity contribution in [2.75, 3.05) is 6.61 Å². The zero-order chi connectivity index (χ0) is 22.1. The molecule has 1 aromatic carbocycles. The number of rotatable bonds is 9. The number of nitrogens with zero attached hydrogens (tertiary/aromatic N) is 2. The summed E-state index contributed by atoms with van der Waals surface area (Å²) in [4.78, 5) is 62.6. The molecule has 158 valence electrons. The fourth-order valence-corrected chi connectivity index (χ4v) is 2.52. The van der Waals surface area contributed by atoms with Crippen LogP contribution in [0.4, 0.5) is 0 Å². The molecule has 0 atom stereocenters. The molecule has 11 heteroatoms. The summed E-state index contributed by atoms with van der Waals surface area (Å²) in [5, 5.41) is 21.3. The summed E-state index contributed by atoms with van der Waals surface area (Å²) in [6.45, 7) is -0.366. The summed E-state index contributed by atoms with van der Waals surface area (Å²) in [6, 6.07) is 5.74. The number of esters is 1. The minimum Gasteiger partial charge on any atom is -0.507 e. The molecule has 1 heterocycles. The van der Waals surface area contributed by atoms with Gasteiger partial charge < -0.3 is 20.0 Å². The van der Waals surface area contributed by atoms with Crippen molar-refractivity contribution in [2.45, 2.75) is 38.6 Å². The van der Waals surface area contributed by atoms with Crippen LogP contribution in [-0.4, -0.2) is 46.4 Å². The monoisotopic (exact) mass is 417 g/mol. The molecule has 1 aliphatic heterocycles. The van der Waals surface area contributed by atoms with Crippen LogP contribution in [0.3, 0.4) is 0 Å². The van der Waals surface area contributed by atoms with Crippen LogP contribution in [0.15, 0.2) is 18.2 Å².